The fourth-order valence-corrected chi connectivity index (χ4v) is 10.4. The van der Waals surface area contributed by atoms with Crippen LogP contribution in [0.15, 0.2) is 23.8 Å². The first-order valence-electron chi connectivity index (χ1n) is 13.3. The molecule has 0 aliphatic heterocycles. The molecule has 0 aromatic carbocycles. The summed E-state index contributed by atoms with van der Waals surface area (Å²) in [5.74, 6) is 2.71. The molecular weight excluding hydrogens is 392 g/mol. The summed E-state index contributed by atoms with van der Waals surface area (Å²) in [6.45, 7) is 19.1. The zero-order chi connectivity index (χ0) is 23.5. The molecule has 0 saturated heterocycles. The second-order valence-corrected chi connectivity index (χ2v) is 14.3. The molecule has 3 saturated carbocycles. The summed E-state index contributed by atoms with van der Waals surface area (Å²) < 4.78 is 0. The average molecular weight is 439 g/mol. The fraction of sp³-hybridized carbons (Fsp3) is 0.833. The zero-order valence-corrected chi connectivity index (χ0v) is 21.8. The minimum Gasteiger partial charge on any atom is -0.393 e. The van der Waals surface area contributed by atoms with E-state index in [4.69, 9.17) is 0 Å². The van der Waals surface area contributed by atoms with Crippen molar-refractivity contribution in [2.24, 2.45) is 56.7 Å². The third kappa shape index (κ3) is 2.54. The third-order valence-corrected chi connectivity index (χ3v) is 12.4. The van der Waals surface area contributed by atoms with Gasteiger partial charge in [-0.3, -0.25) is 4.79 Å². The number of carbonyl (C=O) groups excluding carboxylic acids is 1. The minimum atomic E-state index is -0.265. The third-order valence-electron chi connectivity index (χ3n) is 12.4. The number of allylic oxidation sites excluding steroid dienone is 4. The number of rotatable bonds is 1. The SMILES string of the molecule is CC(C)C1C(O)C[C@]2(C)CC[C@]3(C)C(=CC[C@@H]4[C@@]5(C)C=CC(=O)C(C)(C)[C@@H]5CC[C@]43C)[C@@H]12. The van der Waals surface area contributed by atoms with Crippen LogP contribution in [0.1, 0.15) is 93.9 Å². The van der Waals surface area contributed by atoms with E-state index in [2.05, 4.69) is 67.5 Å². The predicted molar refractivity (Wildman–Crippen MR) is 131 cm³/mol. The zero-order valence-electron chi connectivity index (χ0n) is 21.8. The molecule has 9 atom stereocenters. The van der Waals surface area contributed by atoms with E-state index < -0.39 is 0 Å². The Morgan fingerprint density at radius 3 is 2.34 bits per heavy atom. The second-order valence-electron chi connectivity index (χ2n) is 14.3. The number of hydrogen-bond acceptors (Lipinski definition) is 2. The molecule has 2 heteroatoms. The van der Waals surface area contributed by atoms with Gasteiger partial charge in [-0.05, 0) is 95.9 Å². The molecule has 32 heavy (non-hydrogen) atoms. The monoisotopic (exact) mass is 438 g/mol. The molecule has 0 bridgehead atoms. The molecule has 1 N–H and O–H groups in total. The Hall–Kier alpha value is -0.890. The van der Waals surface area contributed by atoms with E-state index >= 15 is 0 Å². The van der Waals surface area contributed by atoms with Crippen LogP contribution < -0.4 is 0 Å². The van der Waals surface area contributed by atoms with Gasteiger partial charge in [0.2, 0.25) is 0 Å². The van der Waals surface area contributed by atoms with Gasteiger partial charge >= 0.3 is 0 Å². The number of aliphatic hydroxyl groups is 1. The lowest BCUT2D eigenvalue weighted by molar-refractivity contribution is -0.156. The van der Waals surface area contributed by atoms with Crippen molar-refractivity contribution < 1.29 is 9.90 Å². The van der Waals surface area contributed by atoms with Gasteiger partial charge < -0.3 is 5.11 Å². The molecule has 2 unspecified atom stereocenters. The van der Waals surface area contributed by atoms with Crippen molar-refractivity contribution in [1.29, 1.82) is 0 Å². The van der Waals surface area contributed by atoms with E-state index in [0.717, 1.165) is 19.3 Å². The second kappa shape index (κ2) is 6.61. The molecule has 3 fully saturated rings. The number of fused-ring (bicyclic) bond motifs is 7. The number of aliphatic hydroxyl groups excluding tert-OH is 1. The van der Waals surface area contributed by atoms with E-state index in [0.29, 0.717) is 35.4 Å². The van der Waals surface area contributed by atoms with Gasteiger partial charge in [-0.1, -0.05) is 73.1 Å². The molecule has 178 valence electrons. The molecule has 5 rings (SSSR count). The highest BCUT2D eigenvalue weighted by Crippen LogP contribution is 2.75. The standard InChI is InChI=1S/C30H46O2/c1-18(2)24-20(31)17-27(5)15-16-29(7)19(25(24)27)9-10-22-28(6)13-12-23(32)26(3,4)21(28)11-14-30(22,29)8/h9,12-13,18,20-22,24-25,31H,10-11,14-17H2,1-8H3/t20?,21-,22+,24?,25-,27-,28-,29+,30+/m0/s1. The lowest BCUT2D eigenvalue weighted by Crippen LogP contribution is -2.62. The topological polar surface area (TPSA) is 37.3 Å². The van der Waals surface area contributed by atoms with Crippen LogP contribution in [0.2, 0.25) is 0 Å². The van der Waals surface area contributed by atoms with E-state index in [9.17, 15) is 9.90 Å². The Morgan fingerprint density at radius 2 is 1.69 bits per heavy atom. The van der Waals surface area contributed by atoms with Crippen LogP contribution in [0.3, 0.4) is 0 Å². The van der Waals surface area contributed by atoms with Gasteiger partial charge in [0.1, 0.15) is 0 Å². The molecule has 0 heterocycles. The van der Waals surface area contributed by atoms with Crippen molar-refractivity contribution in [2.45, 2.75) is 100 Å². The van der Waals surface area contributed by atoms with Gasteiger partial charge in [-0.2, -0.15) is 0 Å². The summed E-state index contributed by atoms with van der Waals surface area (Å²) in [6.07, 6.45) is 13.6. The highest BCUT2D eigenvalue weighted by molar-refractivity contribution is 5.95. The Labute approximate surface area is 196 Å². The average Bonchev–Trinajstić information content (AvgIpc) is 2.96. The smallest absolute Gasteiger partial charge is 0.161 e. The number of hydrogen-bond donors (Lipinski definition) is 1. The first-order valence-corrected chi connectivity index (χ1v) is 13.3. The number of carbonyl (C=O) groups is 1. The van der Waals surface area contributed by atoms with Crippen LogP contribution >= 0.6 is 0 Å². The summed E-state index contributed by atoms with van der Waals surface area (Å²) in [6, 6.07) is 0. The van der Waals surface area contributed by atoms with E-state index in [1.54, 1.807) is 5.57 Å². The summed E-state index contributed by atoms with van der Waals surface area (Å²) in [5, 5.41) is 11.1. The summed E-state index contributed by atoms with van der Waals surface area (Å²) >= 11 is 0. The highest BCUT2D eigenvalue weighted by Gasteiger charge is 2.68. The maximum atomic E-state index is 12.8. The Morgan fingerprint density at radius 1 is 1.00 bits per heavy atom. The molecule has 2 nitrogen and oxygen atoms in total. The fourth-order valence-electron chi connectivity index (χ4n) is 10.4. The first-order chi connectivity index (χ1) is 14.7. The van der Waals surface area contributed by atoms with Crippen molar-refractivity contribution >= 4 is 5.78 Å². The maximum Gasteiger partial charge on any atom is 0.161 e. The van der Waals surface area contributed by atoms with Crippen molar-refractivity contribution in [3.63, 3.8) is 0 Å². The molecule has 0 amide bonds. The Kier molecular flexibility index (Phi) is 4.73. The van der Waals surface area contributed by atoms with Gasteiger partial charge in [0.25, 0.3) is 0 Å². The summed E-state index contributed by atoms with van der Waals surface area (Å²) in [7, 11) is 0. The van der Waals surface area contributed by atoms with Crippen LogP contribution in [0.5, 0.6) is 0 Å². The van der Waals surface area contributed by atoms with Gasteiger partial charge in [-0.15, -0.1) is 0 Å². The lowest BCUT2D eigenvalue weighted by atomic mass is 9.35. The minimum absolute atomic E-state index is 0.0723. The summed E-state index contributed by atoms with van der Waals surface area (Å²) in [4.78, 5) is 12.8. The molecule has 0 radical (unpaired) electrons. The molecule has 0 aromatic rings. The van der Waals surface area contributed by atoms with Crippen molar-refractivity contribution in [2.75, 3.05) is 0 Å². The van der Waals surface area contributed by atoms with Gasteiger partial charge in [0, 0.05) is 5.41 Å². The quantitative estimate of drug-likeness (QED) is 0.448. The van der Waals surface area contributed by atoms with Gasteiger partial charge in [0.15, 0.2) is 5.78 Å². The molecule has 5 aliphatic carbocycles. The summed E-state index contributed by atoms with van der Waals surface area (Å²) in [5.41, 5.74) is 2.16. The Balaban J connectivity index is 1.63. The van der Waals surface area contributed by atoms with Crippen LogP contribution in [-0.2, 0) is 4.79 Å². The van der Waals surface area contributed by atoms with Crippen molar-refractivity contribution in [1.82, 2.24) is 0 Å². The van der Waals surface area contributed by atoms with Gasteiger partial charge in [-0.25, -0.2) is 0 Å². The highest BCUT2D eigenvalue weighted by atomic mass is 16.3. The lowest BCUT2D eigenvalue weighted by Gasteiger charge is -2.69. The van der Waals surface area contributed by atoms with Crippen LogP contribution in [-0.4, -0.2) is 17.0 Å². The van der Waals surface area contributed by atoms with Crippen LogP contribution in [0.25, 0.3) is 0 Å². The largest absolute Gasteiger partial charge is 0.393 e. The normalized spacial score (nSPS) is 53.9. The molecule has 0 spiro atoms. The number of ketones is 1. The van der Waals surface area contributed by atoms with Crippen molar-refractivity contribution in [3.05, 3.63) is 23.8 Å². The van der Waals surface area contributed by atoms with E-state index in [1.165, 1.54) is 19.3 Å². The molecular formula is C30H46O2. The van der Waals surface area contributed by atoms with E-state index in [-0.39, 0.29) is 33.2 Å². The van der Waals surface area contributed by atoms with E-state index in [1.807, 2.05) is 6.08 Å². The Bertz CT molecular complexity index is 895. The molecule has 5 aliphatic rings. The van der Waals surface area contributed by atoms with Crippen LogP contribution in [0, 0.1) is 56.7 Å². The maximum absolute atomic E-state index is 12.8. The van der Waals surface area contributed by atoms with Crippen molar-refractivity contribution in [3.8, 4) is 0 Å². The van der Waals surface area contributed by atoms with Gasteiger partial charge in [0.05, 0.1) is 6.10 Å². The molecule has 0 aromatic heterocycles. The predicted octanol–water partition coefficient (Wildman–Crippen LogP) is 6.98. The van der Waals surface area contributed by atoms with Crippen LogP contribution in [0.4, 0.5) is 0 Å². The first kappa shape index (κ1) is 22.9.